The summed E-state index contributed by atoms with van der Waals surface area (Å²) in [5.74, 6) is 0.637. The molecule has 112 valence electrons. The van der Waals surface area contributed by atoms with Crippen LogP contribution in [0.25, 0.3) is 0 Å². The van der Waals surface area contributed by atoms with Gasteiger partial charge in [-0.2, -0.15) is 0 Å². The van der Waals surface area contributed by atoms with Gasteiger partial charge in [0.25, 0.3) is 0 Å². The zero-order chi connectivity index (χ0) is 14.8. The van der Waals surface area contributed by atoms with Crippen LogP contribution in [0, 0.1) is 5.92 Å². The highest BCUT2D eigenvalue weighted by molar-refractivity contribution is 5.70. The van der Waals surface area contributed by atoms with Crippen molar-refractivity contribution in [3.05, 3.63) is 29.8 Å². The Kier molecular flexibility index (Phi) is 7.73. The van der Waals surface area contributed by atoms with Crippen LogP contribution in [0.1, 0.15) is 32.3 Å². The number of carboxylic acid groups (broad SMARTS) is 1. The lowest BCUT2D eigenvalue weighted by Crippen LogP contribution is -2.08. The highest BCUT2D eigenvalue weighted by atomic mass is 16.5. The van der Waals surface area contributed by atoms with Crippen LogP contribution in [0.2, 0.25) is 0 Å². The van der Waals surface area contributed by atoms with Crippen molar-refractivity contribution in [1.29, 1.82) is 0 Å². The Morgan fingerprint density at radius 1 is 1.15 bits per heavy atom. The smallest absolute Gasteiger partial charge is 0.307 e. The number of carboxylic acids is 1. The van der Waals surface area contributed by atoms with Gasteiger partial charge in [-0.3, -0.25) is 4.79 Å². The molecule has 0 atom stereocenters. The van der Waals surface area contributed by atoms with E-state index in [1.54, 1.807) is 24.3 Å². The lowest BCUT2D eigenvalue weighted by molar-refractivity contribution is -0.136. The molecule has 1 aromatic rings. The SMILES string of the molecule is CC(C)CCCOCCOc1ccc(CC(=O)O)cc1. The average Bonchev–Trinajstić information content (AvgIpc) is 2.38. The zero-order valence-corrected chi connectivity index (χ0v) is 12.3. The van der Waals surface area contributed by atoms with Gasteiger partial charge in [0.05, 0.1) is 13.0 Å². The molecule has 0 unspecified atom stereocenters. The normalized spacial score (nSPS) is 10.8. The van der Waals surface area contributed by atoms with Crippen LogP contribution in [0.3, 0.4) is 0 Å². The van der Waals surface area contributed by atoms with Crippen molar-refractivity contribution in [2.75, 3.05) is 19.8 Å². The van der Waals surface area contributed by atoms with E-state index in [0.29, 0.717) is 13.2 Å². The molecule has 0 heterocycles. The Hall–Kier alpha value is -1.55. The molecule has 0 aliphatic heterocycles. The fourth-order valence-corrected chi connectivity index (χ4v) is 1.79. The van der Waals surface area contributed by atoms with Crippen molar-refractivity contribution >= 4 is 5.97 Å². The molecule has 1 aromatic carbocycles. The van der Waals surface area contributed by atoms with Crippen LogP contribution in [-0.2, 0) is 16.0 Å². The first kappa shape index (κ1) is 16.5. The molecular formula is C16H24O4. The highest BCUT2D eigenvalue weighted by Crippen LogP contribution is 2.12. The first-order valence-electron chi connectivity index (χ1n) is 7.09. The molecule has 0 aromatic heterocycles. The highest BCUT2D eigenvalue weighted by Gasteiger charge is 2.01. The van der Waals surface area contributed by atoms with Gasteiger partial charge in [0.2, 0.25) is 0 Å². The summed E-state index contributed by atoms with van der Waals surface area (Å²) in [6.07, 6.45) is 2.31. The van der Waals surface area contributed by atoms with E-state index in [-0.39, 0.29) is 6.42 Å². The quantitative estimate of drug-likeness (QED) is 0.669. The van der Waals surface area contributed by atoms with Crippen molar-refractivity contribution in [2.45, 2.75) is 33.1 Å². The fraction of sp³-hybridized carbons (Fsp3) is 0.562. The molecule has 0 amide bonds. The van der Waals surface area contributed by atoms with E-state index in [2.05, 4.69) is 13.8 Å². The minimum Gasteiger partial charge on any atom is -0.491 e. The summed E-state index contributed by atoms with van der Waals surface area (Å²) in [4.78, 5) is 10.5. The second kappa shape index (κ2) is 9.37. The van der Waals surface area contributed by atoms with Crippen LogP contribution in [0.4, 0.5) is 0 Å². The van der Waals surface area contributed by atoms with Crippen molar-refractivity contribution in [3.63, 3.8) is 0 Å². The van der Waals surface area contributed by atoms with Gasteiger partial charge in [-0.25, -0.2) is 0 Å². The van der Waals surface area contributed by atoms with Gasteiger partial charge < -0.3 is 14.6 Å². The van der Waals surface area contributed by atoms with E-state index in [1.807, 2.05) is 0 Å². The molecule has 20 heavy (non-hydrogen) atoms. The van der Waals surface area contributed by atoms with Crippen LogP contribution < -0.4 is 4.74 Å². The predicted molar refractivity (Wildman–Crippen MR) is 78.2 cm³/mol. The number of ether oxygens (including phenoxy) is 2. The standard InChI is InChI=1S/C16H24O4/c1-13(2)4-3-9-19-10-11-20-15-7-5-14(6-8-15)12-16(17)18/h5-8,13H,3-4,9-12H2,1-2H3,(H,17,18). The van der Waals surface area contributed by atoms with Crippen LogP contribution >= 0.6 is 0 Å². The van der Waals surface area contributed by atoms with Gasteiger partial charge in [0.15, 0.2) is 0 Å². The van der Waals surface area contributed by atoms with Gasteiger partial charge in [-0.1, -0.05) is 26.0 Å². The summed E-state index contributed by atoms with van der Waals surface area (Å²) < 4.78 is 11.0. The van der Waals surface area contributed by atoms with Crippen LogP contribution in [0.5, 0.6) is 5.75 Å². The topological polar surface area (TPSA) is 55.8 Å². The Balaban J connectivity index is 2.11. The molecule has 0 aliphatic rings. The maximum absolute atomic E-state index is 10.5. The lowest BCUT2D eigenvalue weighted by atomic mass is 10.1. The molecular weight excluding hydrogens is 256 g/mol. The van der Waals surface area contributed by atoms with Crippen molar-refractivity contribution in [3.8, 4) is 5.75 Å². The first-order chi connectivity index (χ1) is 9.58. The second-order valence-electron chi connectivity index (χ2n) is 5.21. The monoisotopic (exact) mass is 280 g/mol. The third-order valence-corrected chi connectivity index (χ3v) is 2.85. The first-order valence-corrected chi connectivity index (χ1v) is 7.09. The molecule has 0 bridgehead atoms. The number of carbonyl (C=O) groups is 1. The number of hydrogen-bond acceptors (Lipinski definition) is 3. The van der Waals surface area contributed by atoms with Gasteiger partial charge in [0.1, 0.15) is 12.4 Å². The van der Waals surface area contributed by atoms with Gasteiger partial charge in [0, 0.05) is 6.61 Å². The second-order valence-corrected chi connectivity index (χ2v) is 5.21. The zero-order valence-electron chi connectivity index (χ0n) is 12.3. The summed E-state index contributed by atoms with van der Waals surface area (Å²) in [6, 6.07) is 7.12. The molecule has 1 N–H and O–H groups in total. The summed E-state index contributed by atoms with van der Waals surface area (Å²) in [5, 5.41) is 8.67. The maximum Gasteiger partial charge on any atom is 0.307 e. The molecule has 0 saturated carbocycles. The molecule has 1 rings (SSSR count). The fourth-order valence-electron chi connectivity index (χ4n) is 1.79. The molecule has 4 nitrogen and oxygen atoms in total. The van der Waals surface area contributed by atoms with Crippen molar-refractivity contribution in [1.82, 2.24) is 0 Å². The minimum atomic E-state index is -0.825. The van der Waals surface area contributed by atoms with Crippen molar-refractivity contribution < 1.29 is 19.4 Å². The number of rotatable bonds is 10. The van der Waals surface area contributed by atoms with Crippen LogP contribution in [0.15, 0.2) is 24.3 Å². The number of benzene rings is 1. The summed E-state index contributed by atoms with van der Waals surface area (Å²) in [7, 11) is 0. The Morgan fingerprint density at radius 3 is 2.45 bits per heavy atom. The van der Waals surface area contributed by atoms with Gasteiger partial charge in [-0.15, -0.1) is 0 Å². The summed E-state index contributed by atoms with van der Waals surface area (Å²) in [6.45, 7) is 6.28. The Morgan fingerprint density at radius 2 is 1.85 bits per heavy atom. The average molecular weight is 280 g/mol. The Bertz CT molecular complexity index is 384. The number of aliphatic carboxylic acids is 1. The third-order valence-electron chi connectivity index (χ3n) is 2.85. The minimum absolute atomic E-state index is 0.0409. The molecule has 0 fully saturated rings. The predicted octanol–water partition coefficient (Wildman–Crippen LogP) is 3.15. The summed E-state index contributed by atoms with van der Waals surface area (Å²) >= 11 is 0. The van der Waals surface area contributed by atoms with E-state index < -0.39 is 5.97 Å². The lowest BCUT2D eigenvalue weighted by Gasteiger charge is -2.08. The van der Waals surface area contributed by atoms with E-state index in [9.17, 15) is 4.79 Å². The third kappa shape index (κ3) is 7.79. The largest absolute Gasteiger partial charge is 0.491 e. The van der Waals surface area contributed by atoms with E-state index in [4.69, 9.17) is 14.6 Å². The van der Waals surface area contributed by atoms with Gasteiger partial charge in [-0.05, 0) is 36.5 Å². The van der Waals surface area contributed by atoms with E-state index in [1.165, 1.54) is 6.42 Å². The number of hydrogen-bond donors (Lipinski definition) is 1. The molecule has 0 aliphatic carbocycles. The van der Waals surface area contributed by atoms with Gasteiger partial charge >= 0.3 is 5.97 Å². The van der Waals surface area contributed by atoms with Crippen molar-refractivity contribution in [2.24, 2.45) is 5.92 Å². The maximum atomic E-state index is 10.5. The Labute approximate surface area is 120 Å². The van der Waals surface area contributed by atoms with Crippen LogP contribution in [-0.4, -0.2) is 30.9 Å². The molecule has 0 saturated heterocycles. The molecule has 0 radical (unpaired) electrons. The van der Waals surface area contributed by atoms with E-state index in [0.717, 1.165) is 30.3 Å². The van der Waals surface area contributed by atoms with E-state index >= 15 is 0 Å². The molecule has 0 spiro atoms. The molecule has 4 heteroatoms. The summed E-state index contributed by atoms with van der Waals surface area (Å²) in [5.41, 5.74) is 0.773.